The molecule has 0 aliphatic heterocycles. The summed E-state index contributed by atoms with van der Waals surface area (Å²) in [7, 11) is -6.00. The largest absolute Gasteiger partial charge is 0.673 e. The van der Waals surface area contributed by atoms with Crippen molar-refractivity contribution in [3.63, 3.8) is 0 Å². The maximum atomic E-state index is 9.75. The van der Waals surface area contributed by atoms with E-state index in [9.17, 15) is 17.3 Å². The number of hydrogen-bond donors (Lipinski definition) is 1. The van der Waals surface area contributed by atoms with Gasteiger partial charge in [0, 0.05) is 0 Å². The molecule has 0 spiro atoms. The van der Waals surface area contributed by atoms with Gasteiger partial charge in [-0.15, -0.1) is 0 Å². The molecule has 0 heterocycles. The van der Waals surface area contributed by atoms with Gasteiger partial charge in [-0.25, -0.2) is 0 Å². The van der Waals surface area contributed by atoms with Crippen LogP contribution in [0.2, 0.25) is 0 Å². The van der Waals surface area contributed by atoms with Crippen molar-refractivity contribution in [2.24, 2.45) is 0 Å². The van der Waals surface area contributed by atoms with Crippen LogP contribution in [0.1, 0.15) is 52.4 Å². The molecule has 1 unspecified atom stereocenters. The van der Waals surface area contributed by atoms with Gasteiger partial charge in [-0.1, -0.05) is 33.1 Å². The molecule has 0 aromatic heterocycles. The van der Waals surface area contributed by atoms with Crippen LogP contribution in [0.15, 0.2) is 0 Å². The molecule has 0 radical (unpaired) electrons. The third-order valence-corrected chi connectivity index (χ3v) is 1.91. The Hall–Kier alpha value is -0.255. The minimum Gasteiger partial charge on any atom is -0.418 e. The molecule has 0 saturated heterocycles. The zero-order chi connectivity index (χ0) is 12.3. The highest BCUT2D eigenvalue weighted by molar-refractivity contribution is 6.50. The van der Waals surface area contributed by atoms with Gasteiger partial charge in [0.2, 0.25) is 0 Å². The molecule has 94 valence electrons. The first kappa shape index (κ1) is 17.1. The number of rotatable bonds is 6. The van der Waals surface area contributed by atoms with Crippen LogP contribution in [-0.2, 0) is 0 Å². The molecule has 0 amide bonds. The predicted octanol–water partition coefficient (Wildman–Crippen LogP) is 3.28. The van der Waals surface area contributed by atoms with Crippen molar-refractivity contribution >= 4 is 7.25 Å². The van der Waals surface area contributed by atoms with Gasteiger partial charge in [0.15, 0.2) is 0 Å². The first-order chi connectivity index (χ1) is 6.81. The maximum Gasteiger partial charge on any atom is 0.673 e. The van der Waals surface area contributed by atoms with Crippen LogP contribution in [0.5, 0.6) is 0 Å². The van der Waals surface area contributed by atoms with E-state index in [1.165, 1.54) is 38.5 Å². The van der Waals surface area contributed by atoms with Crippen LogP contribution in [0.3, 0.4) is 0 Å². The molecule has 3 N–H and O–H groups in total. The Bertz CT molecular complexity index is 124. The lowest BCUT2D eigenvalue weighted by molar-refractivity contribution is -0.422. The summed E-state index contributed by atoms with van der Waals surface area (Å²) >= 11 is 0. The van der Waals surface area contributed by atoms with Crippen molar-refractivity contribution in [2.75, 3.05) is 0 Å². The fourth-order valence-electron chi connectivity index (χ4n) is 1.24. The summed E-state index contributed by atoms with van der Waals surface area (Å²) in [6.07, 6.45) is 8.03. The van der Waals surface area contributed by atoms with Crippen molar-refractivity contribution in [3.05, 3.63) is 0 Å². The quantitative estimate of drug-likeness (QED) is 0.412. The van der Waals surface area contributed by atoms with Gasteiger partial charge in [0.25, 0.3) is 0 Å². The molecule has 0 aliphatic rings. The van der Waals surface area contributed by atoms with E-state index in [0.29, 0.717) is 0 Å². The number of quaternary nitrogens is 1. The average molecular weight is 231 g/mol. The number of unbranched alkanes of at least 4 members (excludes halogenated alkanes) is 2. The van der Waals surface area contributed by atoms with Gasteiger partial charge in [-0.2, -0.15) is 0 Å². The Balaban J connectivity index is 0. The van der Waals surface area contributed by atoms with Crippen molar-refractivity contribution in [1.82, 2.24) is 0 Å². The van der Waals surface area contributed by atoms with E-state index in [0.717, 1.165) is 6.04 Å². The Morgan fingerprint density at radius 3 is 1.73 bits per heavy atom. The van der Waals surface area contributed by atoms with Crippen LogP contribution < -0.4 is 5.73 Å². The smallest absolute Gasteiger partial charge is 0.418 e. The fraction of sp³-hybridized carbons (Fsp3) is 1.00. The first-order valence-electron chi connectivity index (χ1n) is 5.51. The summed E-state index contributed by atoms with van der Waals surface area (Å²) in [5, 5.41) is 0. The molecule has 0 rings (SSSR count). The molecule has 15 heavy (non-hydrogen) atoms. The van der Waals surface area contributed by atoms with E-state index >= 15 is 0 Å². The van der Waals surface area contributed by atoms with E-state index in [2.05, 4.69) is 19.6 Å². The molecular weight excluding hydrogens is 209 g/mol. The fourth-order valence-corrected chi connectivity index (χ4v) is 1.24. The van der Waals surface area contributed by atoms with Gasteiger partial charge in [-0.05, 0) is 19.3 Å². The highest BCUT2D eigenvalue weighted by Gasteiger charge is 2.20. The third-order valence-electron chi connectivity index (χ3n) is 1.91. The van der Waals surface area contributed by atoms with Crippen LogP contribution in [0, 0.1) is 0 Å². The minimum absolute atomic E-state index is 0.719. The van der Waals surface area contributed by atoms with Crippen molar-refractivity contribution < 1.29 is 23.0 Å². The van der Waals surface area contributed by atoms with Gasteiger partial charge < -0.3 is 23.0 Å². The number of hydrogen-bond acceptors (Lipinski definition) is 0. The summed E-state index contributed by atoms with van der Waals surface area (Å²) in [6.45, 7) is 4.48. The Kier molecular flexibility index (Phi) is 11.7. The Labute approximate surface area is 89.5 Å². The summed E-state index contributed by atoms with van der Waals surface area (Å²) in [6, 6.07) is 0.719. The topological polar surface area (TPSA) is 27.6 Å². The third kappa shape index (κ3) is 31.6. The number of halogens is 4. The molecule has 0 fully saturated rings. The molecule has 1 nitrogen and oxygen atoms in total. The molecule has 0 saturated carbocycles. The molecule has 0 aromatic carbocycles. The standard InChI is InChI=1S/C9H21N.BF4/c1-3-5-6-8-9(10)7-4-2;2-1(3,4)5/h9H,3-8,10H2,1-2H3;/q;-1/p+1. The second-order valence-corrected chi connectivity index (χ2v) is 3.65. The normalized spacial score (nSPS) is 13.0. The minimum atomic E-state index is -6.00. The van der Waals surface area contributed by atoms with Gasteiger partial charge in [0.1, 0.15) is 0 Å². The average Bonchev–Trinajstić information content (AvgIpc) is 2.02. The van der Waals surface area contributed by atoms with E-state index in [4.69, 9.17) is 0 Å². The van der Waals surface area contributed by atoms with Gasteiger partial charge in [-0.3, -0.25) is 0 Å². The van der Waals surface area contributed by atoms with E-state index < -0.39 is 7.25 Å². The molecular formula is C9H22BF4N. The monoisotopic (exact) mass is 231 g/mol. The zero-order valence-corrected chi connectivity index (χ0v) is 9.62. The van der Waals surface area contributed by atoms with Crippen LogP contribution in [0.4, 0.5) is 17.3 Å². The van der Waals surface area contributed by atoms with Crippen LogP contribution in [-0.4, -0.2) is 13.3 Å². The predicted molar refractivity (Wildman–Crippen MR) is 55.9 cm³/mol. The van der Waals surface area contributed by atoms with Crippen molar-refractivity contribution in [2.45, 2.75) is 58.4 Å². The molecule has 0 bridgehead atoms. The first-order valence-corrected chi connectivity index (χ1v) is 5.51. The summed E-state index contributed by atoms with van der Waals surface area (Å²) in [4.78, 5) is 0. The van der Waals surface area contributed by atoms with Gasteiger partial charge in [0.05, 0.1) is 6.04 Å². The highest BCUT2D eigenvalue weighted by atomic mass is 19.5. The van der Waals surface area contributed by atoms with Gasteiger partial charge >= 0.3 is 7.25 Å². The van der Waals surface area contributed by atoms with E-state index in [1.807, 2.05) is 0 Å². The Morgan fingerprint density at radius 1 is 0.933 bits per heavy atom. The lowest BCUT2D eigenvalue weighted by Gasteiger charge is -2.04. The van der Waals surface area contributed by atoms with Crippen molar-refractivity contribution in [1.29, 1.82) is 0 Å². The van der Waals surface area contributed by atoms with Crippen LogP contribution in [0.25, 0.3) is 0 Å². The SMILES string of the molecule is CCCCCC([NH3+])CCC.F[B-](F)(F)F. The molecule has 1 atom stereocenters. The molecule has 6 heteroatoms. The van der Waals surface area contributed by atoms with E-state index in [1.54, 1.807) is 0 Å². The maximum absolute atomic E-state index is 9.75. The molecule has 0 aliphatic carbocycles. The second-order valence-electron chi connectivity index (χ2n) is 3.65. The Morgan fingerprint density at radius 2 is 1.40 bits per heavy atom. The van der Waals surface area contributed by atoms with Crippen molar-refractivity contribution in [3.8, 4) is 0 Å². The van der Waals surface area contributed by atoms with Crippen LogP contribution >= 0.6 is 0 Å². The highest BCUT2D eigenvalue weighted by Crippen LogP contribution is 2.06. The molecule has 0 aromatic rings. The summed E-state index contributed by atoms with van der Waals surface area (Å²) in [5.74, 6) is 0. The summed E-state index contributed by atoms with van der Waals surface area (Å²) in [5.41, 5.74) is 4.10. The zero-order valence-electron chi connectivity index (χ0n) is 9.62. The lowest BCUT2D eigenvalue weighted by Crippen LogP contribution is -2.60. The summed E-state index contributed by atoms with van der Waals surface area (Å²) < 4.78 is 39.0. The second kappa shape index (κ2) is 10.3. The lowest BCUT2D eigenvalue weighted by atomic mass is 10.1. The van der Waals surface area contributed by atoms with E-state index in [-0.39, 0.29) is 0 Å².